The van der Waals surface area contributed by atoms with E-state index in [1.54, 1.807) is 21.0 Å². The minimum Gasteiger partial charge on any atom is -0.493 e. The standard InChI is InChI=1S/C21H27F2NO4/c1-13-9-16(10-14(2)20(13)28-21(22)23)12-24-15(3)17-5-6-18(27-8-7-25)19(11-17)26-4/h5-6,9-11,15,21,24-25H,7-8,12H2,1-4H3. The Hall–Kier alpha value is -2.38. The molecule has 0 aliphatic carbocycles. The SMILES string of the molecule is COc1cc(C(C)NCc2cc(C)c(OC(F)F)c(C)c2)ccc1OCCO. The number of ether oxygens (including phenoxy) is 3. The summed E-state index contributed by atoms with van der Waals surface area (Å²) >= 11 is 0. The molecule has 0 aliphatic heterocycles. The molecule has 1 atom stereocenters. The summed E-state index contributed by atoms with van der Waals surface area (Å²) < 4.78 is 40.4. The Bertz CT molecular complexity index is 760. The molecule has 0 saturated heterocycles. The third kappa shape index (κ3) is 5.81. The maximum absolute atomic E-state index is 12.5. The molecule has 0 radical (unpaired) electrons. The first-order valence-corrected chi connectivity index (χ1v) is 9.05. The lowest BCUT2D eigenvalue weighted by molar-refractivity contribution is -0.0507. The van der Waals surface area contributed by atoms with Crippen LogP contribution in [0.5, 0.6) is 17.2 Å². The Labute approximate surface area is 164 Å². The van der Waals surface area contributed by atoms with Crippen molar-refractivity contribution in [2.24, 2.45) is 0 Å². The Morgan fingerprint density at radius 1 is 1.07 bits per heavy atom. The molecule has 0 bridgehead atoms. The van der Waals surface area contributed by atoms with E-state index in [4.69, 9.17) is 14.6 Å². The van der Waals surface area contributed by atoms with Crippen molar-refractivity contribution in [1.82, 2.24) is 5.32 Å². The summed E-state index contributed by atoms with van der Waals surface area (Å²) in [7, 11) is 1.57. The van der Waals surface area contributed by atoms with Gasteiger partial charge in [-0.2, -0.15) is 8.78 Å². The summed E-state index contributed by atoms with van der Waals surface area (Å²) in [5, 5.41) is 12.3. The molecule has 0 fully saturated rings. The van der Waals surface area contributed by atoms with Gasteiger partial charge >= 0.3 is 6.61 Å². The van der Waals surface area contributed by atoms with Gasteiger partial charge in [0.2, 0.25) is 0 Å². The fourth-order valence-electron chi connectivity index (χ4n) is 3.03. The van der Waals surface area contributed by atoms with Crippen molar-refractivity contribution >= 4 is 0 Å². The number of alkyl halides is 2. The first-order chi connectivity index (χ1) is 13.3. The fourth-order valence-corrected chi connectivity index (χ4v) is 3.03. The van der Waals surface area contributed by atoms with Gasteiger partial charge in [-0.25, -0.2) is 0 Å². The highest BCUT2D eigenvalue weighted by atomic mass is 19.3. The average Bonchev–Trinajstić information content (AvgIpc) is 2.67. The normalized spacial score (nSPS) is 12.1. The van der Waals surface area contributed by atoms with Crippen molar-refractivity contribution in [3.05, 3.63) is 52.6 Å². The van der Waals surface area contributed by atoms with E-state index in [1.165, 1.54) is 0 Å². The predicted molar refractivity (Wildman–Crippen MR) is 103 cm³/mol. The van der Waals surface area contributed by atoms with E-state index < -0.39 is 6.61 Å². The second-order valence-corrected chi connectivity index (χ2v) is 6.52. The number of aryl methyl sites for hydroxylation is 2. The minimum atomic E-state index is -2.83. The second-order valence-electron chi connectivity index (χ2n) is 6.52. The first kappa shape index (κ1) is 21.9. The maximum Gasteiger partial charge on any atom is 0.387 e. The number of halogens is 2. The zero-order valence-corrected chi connectivity index (χ0v) is 16.6. The molecule has 2 rings (SSSR count). The van der Waals surface area contributed by atoms with Gasteiger partial charge in [-0.3, -0.25) is 0 Å². The van der Waals surface area contributed by atoms with Gasteiger partial charge in [0.1, 0.15) is 12.4 Å². The monoisotopic (exact) mass is 395 g/mol. The van der Waals surface area contributed by atoms with E-state index in [0.717, 1.165) is 11.1 Å². The van der Waals surface area contributed by atoms with E-state index in [-0.39, 0.29) is 25.0 Å². The van der Waals surface area contributed by atoms with E-state index in [2.05, 4.69) is 10.1 Å². The van der Waals surface area contributed by atoms with Crippen LogP contribution in [0.1, 0.15) is 35.2 Å². The van der Waals surface area contributed by atoms with Crippen LogP contribution >= 0.6 is 0 Å². The van der Waals surface area contributed by atoms with Crippen molar-refractivity contribution in [1.29, 1.82) is 0 Å². The molecular formula is C21H27F2NO4. The second kappa shape index (κ2) is 10.2. The predicted octanol–water partition coefficient (Wildman–Crippen LogP) is 4.14. The van der Waals surface area contributed by atoms with Crippen LogP contribution in [0.2, 0.25) is 0 Å². The van der Waals surface area contributed by atoms with Gasteiger partial charge in [-0.15, -0.1) is 0 Å². The van der Waals surface area contributed by atoms with Gasteiger partial charge in [-0.1, -0.05) is 18.2 Å². The Morgan fingerprint density at radius 3 is 2.32 bits per heavy atom. The van der Waals surface area contributed by atoms with Gasteiger partial charge in [0, 0.05) is 12.6 Å². The van der Waals surface area contributed by atoms with Crippen LogP contribution in [-0.4, -0.2) is 32.0 Å². The molecule has 28 heavy (non-hydrogen) atoms. The van der Waals surface area contributed by atoms with Crippen molar-refractivity contribution in [2.75, 3.05) is 20.3 Å². The summed E-state index contributed by atoms with van der Waals surface area (Å²) in [6.45, 7) is 3.41. The van der Waals surface area contributed by atoms with E-state index in [9.17, 15) is 8.78 Å². The van der Waals surface area contributed by atoms with E-state index >= 15 is 0 Å². The molecule has 0 saturated carbocycles. The van der Waals surface area contributed by atoms with Crippen LogP contribution in [0, 0.1) is 13.8 Å². The zero-order chi connectivity index (χ0) is 20.7. The third-order valence-electron chi connectivity index (χ3n) is 4.38. The fraction of sp³-hybridized carbons (Fsp3) is 0.429. The molecule has 0 spiro atoms. The van der Waals surface area contributed by atoms with Gasteiger partial charge < -0.3 is 24.6 Å². The molecule has 0 heterocycles. The zero-order valence-electron chi connectivity index (χ0n) is 16.6. The topological polar surface area (TPSA) is 60.0 Å². The van der Waals surface area contributed by atoms with Crippen molar-refractivity contribution < 1.29 is 28.1 Å². The lowest BCUT2D eigenvalue weighted by atomic mass is 10.0. The van der Waals surface area contributed by atoms with Crippen LogP contribution in [0.25, 0.3) is 0 Å². The Kier molecular flexibility index (Phi) is 8.02. The number of nitrogens with one attached hydrogen (secondary N) is 1. The average molecular weight is 395 g/mol. The van der Waals surface area contributed by atoms with E-state index in [0.29, 0.717) is 29.2 Å². The number of methoxy groups -OCH3 is 1. The van der Waals surface area contributed by atoms with Crippen LogP contribution in [0.15, 0.2) is 30.3 Å². The summed E-state index contributed by atoms with van der Waals surface area (Å²) in [6, 6.07) is 9.35. The molecule has 0 aliphatic rings. The number of aliphatic hydroxyl groups is 1. The van der Waals surface area contributed by atoms with Gasteiger partial charge in [-0.05, 0) is 55.2 Å². The quantitative estimate of drug-likeness (QED) is 0.633. The number of aliphatic hydroxyl groups excluding tert-OH is 1. The van der Waals surface area contributed by atoms with Crippen molar-refractivity contribution in [3.63, 3.8) is 0 Å². The smallest absolute Gasteiger partial charge is 0.387 e. The number of rotatable bonds is 10. The number of benzene rings is 2. The van der Waals surface area contributed by atoms with Crippen LogP contribution in [0.3, 0.4) is 0 Å². The largest absolute Gasteiger partial charge is 0.493 e. The summed E-state index contributed by atoms with van der Waals surface area (Å²) in [4.78, 5) is 0. The minimum absolute atomic E-state index is 0.0263. The lowest BCUT2D eigenvalue weighted by Crippen LogP contribution is -2.18. The molecule has 2 N–H and O–H groups in total. The van der Waals surface area contributed by atoms with Crippen molar-refractivity contribution in [2.45, 2.75) is 40.0 Å². The highest BCUT2D eigenvalue weighted by Gasteiger charge is 2.13. The summed E-state index contributed by atoms with van der Waals surface area (Å²) in [5.74, 6) is 1.41. The summed E-state index contributed by atoms with van der Waals surface area (Å²) in [5.41, 5.74) is 3.35. The first-order valence-electron chi connectivity index (χ1n) is 9.05. The highest BCUT2D eigenvalue weighted by Crippen LogP contribution is 2.31. The number of hydrogen-bond donors (Lipinski definition) is 2. The van der Waals surface area contributed by atoms with Gasteiger partial charge in [0.05, 0.1) is 13.7 Å². The van der Waals surface area contributed by atoms with Crippen LogP contribution < -0.4 is 19.5 Å². The molecule has 2 aromatic carbocycles. The van der Waals surface area contributed by atoms with Gasteiger partial charge in [0.15, 0.2) is 11.5 Å². The number of hydrogen-bond acceptors (Lipinski definition) is 5. The molecule has 0 aromatic heterocycles. The molecule has 2 aromatic rings. The van der Waals surface area contributed by atoms with Gasteiger partial charge in [0.25, 0.3) is 0 Å². The molecule has 7 heteroatoms. The van der Waals surface area contributed by atoms with Crippen LogP contribution in [0.4, 0.5) is 8.78 Å². The molecule has 154 valence electrons. The molecule has 1 unspecified atom stereocenters. The molecular weight excluding hydrogens is 368 g/mol. The van der Waals surface area contributed by atoms with E-state index in [1.807, 2.05) is 37.3 Å². The van der Waals surface area contributed by atoms with Crippen molar-refractivity contribution in [3.8, 4) is 17.2 Å². The Morgan fingerprint density at radius 2 is 1.75 bits per heavy atom. The third-order valence-corrected chi connectivity index (χ3v) is 4.38. The molecule has 0 amide bonds. The Balaban J connectivity index is 2.06. The summed E-state index contributed by atoms with van der Waals surface area (Å²) in [6.07, 6.45) is 0. The highest BCUT2D eigenvalue weighted by molar-refractivity contribution is 5.45. The lowest BCUT2D eigenvalue weighted by Gasteiger charge is -2.18. The molecule has 5 nitrogen and oxygen atoms in total. The maximum atomic E-state index is 12.5. The van der Waals surface area contributed by atoms with Crippen LogP contribution in [-0.2, 0) is 6.54 Å².